The average molecular weight is 353 g/mol. The van der Waals surface area contributed by atoms with E-state index in [0.29, 0.717) is 5.82 Å². The van der Waals surface area contributed by atoms with Crippen LogP contribution in [-0.2, 0) is 7.05 Å². The van der Waals surface area contributed by atoms with Crippen LogP contribution < -0.4 is 4.90 Å². The molecule has 0 fully saturated rings. The topological polar surface area (TPSA) is 71.2 Å². The highest BCUT2D eigenvalue weighted by molar-refractivity contribution is 9.10. The second-order valence-corrected chi connectivity index (χ2v) is 6.61. The van der Waals surface area contributed by atoms with Crippen LogP contribution in [-0.4, -0.2) is 31.5 Å². The van der Waals surface area contributed by atoms with Gasteiger partial charge < -0.3 is 5.11 Å². The highest BCUT2D eigenvalue weighted by atomic mass is 79.9. The highest BCUT2D eigenvalue weighted by Crippen LogP contribution is 2.28. The molecular formula is C14H17BrN4O2. The van der Waals surface area contributed by atoms with Crippen molar-refractivity contribution in [2.24, 2.45) is 7.05 Å². The molecule has 0 atom stereocenters. The number of hydrogen-bond donors (Lipinski definition) is 1. The van der Waals surface area contributed by atoms with Crippen LogP contribution in [0.3, 0.4) is 0 Å². The molecule has 2 heterocycles. The molecule has 0 bridgehead atoms. The van der Waals surface area contributed by atoms with Crippen molar-refractivity contribution in [3.05, 3.63) is 29.0 Å². The van der Waals surface area contributed by atoms with Gasteiger partial charge in [0.05, 0.1) is 5.69 Å². The van der Waals surface area contributed by atoms with E-state index in [4.69, 9.17) is 0 Å². The van der Waals surface area contributed by atoms with Gasteiger partial charge in [0.25, 0.3) is 0 Å². The third kappa shape index (κ3) is 3.24. The maximum Gasteiger partial charge on any atom is 0.413 e. The second kappa shape index (κ2) is 5.48. The summed E-state index contributed by atoms with van der Waals surface area (Å²) < 4.78 is 2.51. The van der Waals surface area contributed by atoms with Crippen LogP contribution >= 0.6 is 15.9 Å². The average Bonchev–Trinajstić information content (AvgIpc) is 2.68. The largest absolute Gasteiger partial charge is 0.465 e. The predicted octanol–water partition coefficient (Wildman–Crippen LogP) is 3.53. The number of aryl methyl sites for hydroxylation is 1. The number of anilines is 1. The third-order valence-electron chi connectivity index (χ3n) is 2.96. The van der Waals surface area contributed by atoms with E-state index in [9.17, 15) is 9.90 Å². The number of rotatable bonds is 2. The standard InChI is InChI=1S/C14H17BrN4O2/c1-14(2,3)19(13(20)21)12-6-11(18(4)17-12)9-5-10(15)8-16-7-9/h5-8H,1-4H3,(H,20,21). The highest BCUT2D eigenvalue weighted by Gasteiger charge is 2.30. The van der Waals surface area contributed by atoms with Crippen LogP contribution in [0.15, 0.2) is 29.0 Å². The number of carboxylic acid groups (broad SMARTS) is 1. The monoisotopic (exact) mass is 352 g/mol. The van der Waals surface area contributed by atoms with Crippen molar-refractivity contribution in [1.82, 2.24) is 14.8 Å². The maximum atomic E-state index is 11.5. The molecule has 6 nitrogen and oxygen atoms in total. The van der Waals surface area contributed by atoms with Gasteiger partial charge >= 0.3 is 6.09 Å². The fourth-order valence-corrected chi connectivity index (χ4v) is 2.48. The molecule has 0 aliphatic carbocycles. The molecule has 112 valence electrons. The molecule has 0 aromatic carbocycles. The number of carbonyl (C=O) groups is 1. The summed E-state index contributed by atoms with van der Waals surface area (Å²) in [4.78, 5) is 16.9. The molecule has 1 amide bonds. The Labute approximate surface area is 131 Å². The number of aromatic nitrogens is 3. The first-order chi connectivity index (χ1) is 9.70. The van der Waals surface area contributed by atoms with Crippen LogP contribution in [0.4, 0.5) is 10.6 Å². The smallest absolute Gasteiger partial charge is 0.413 e. The quantitative estimate of drug-likeness (QED) is 0.897. The minimum absolute atomic E-state index is 0.396. The van der Waals surface area contributed by atoms with Crippen LogP contribution in [0, 0.1) is 0 Å². The van der Waals surface area contributed by atoms with E-state index in [-0.39, 0.29) is 0 Å². The zero-order chi connectivity index (χ0) is 15.8. The summed E-state index contributed by atoms with van der Waals surface area (Å²) >= 11 is 3.38. The maximum absolute atomic E-state index is 11.5. The Kier molecular flexibility index (Phi) is 4.04. The third-order valence-corrected chi connectivity index (χ3v) is 3.39. The first-order valence-corrected chi connectivity index (χ1v) is 7.17. The van der Waals surface area contributed by atoms with Gasteiger partial charge in [0.2, 0.25) is 0 Å². The lowest BCUT2D eigenvalue weighted by Gasteiger charge is -2.30. The summed E-state index contributed by atoms with van der Waals surface area (Å²) in [6, 6.07) is 3.67. The molecule has 0 spiro atoms. The van der Waals surface area contributed by atoms with Gasteiger partial charge in [0.1, 0.15) is 0 Å². The van der Waals surface area contributed by atoms with Gasteiger partial charge in [-0.25, -0.2) is 4.79 Å². The van der Waals surface area contributed by atoms with Crippen LogP contribution in [0.25, 0.3) is 11.3 Å². The Morgan fingerprint density at radius 1 is 1.33 bits per heavy atom. The predicted molar refractivity (Wildman–Crippen MR) is 84.4 cm³/mol. The molecule has 0 saturated carbocycles. The molecule has 0 unspecified atom stereocenters. The summed E-state index contributed by atoms with van der Waals surface area (Å²) in [5.74, 6) is 0.396. The van der Waals surface area contributed by atoms with Gasteiger partial charge in [-0.05, 0) is 42.8 Å². The first kappa shape index (κ1) is 15.5. The van der Waals surface area contributed by atoms with E-state index in [1.165, 1.54) is 4.90 Å². The minimum atomic E-state index is -1.03. The van der Waals surface area contributed by atoms with E-state index < -0.39 is 11.6 Å². The number of hydrogen-bond acceptors (Lipinski definition) is 3. The van der Waals surface area contributed by atoms with Gasteiger partial charge in [-0.1, -0.05) is 0 Å². The molecule has 2 aromatic rings. The molecular weight excluding hydrogens is 336 g/mol. The molecule has 2 rings (SSSR count). The van der Waals surface area contributed by atoms with E-state index in [1.54, 1.807) is 30.2 Å². The fourth-order valence-electron chi connectivity index (χ4n) is 2.11. The summed E-state index contributed by atoms with van der Waals surface area (Å²) in [5, 5.41) is 13.8. The Hall–Kier alpha value is -1.89. The van der Waals surface area contributed by atoms with Gasteiger partial charge in [-0.3, -0.25) is 14.6 Å². The lowest BCUT2D eigenvalue weighted by Crippen LogP contribution is -2.45. The number of amides is 1. The van der Waals surface area contributed by atoms with Crippen molar-refractivity contribution in [1.29, 1.82) is 0 Å². The molecule has 1 N–H and O–H groups in total. The van der Waals surface area contributed by atoms with Crippen molar-refractivity contribution in [3.63, 3.8) is 0 Å². The zero-order valence-electron chi connectivity index (χ0n) is 12.3. The Bertz CT molecular complexity index is 676. The van der Waals surface area contributed by atoms with Crippen molar-refractivity contribution in [2.45, 2.75) is 26.3 Å². The van der Waals surface area contributed by atoms with Gasteiger partial charge in [0.15, 0.2) is 5.82 Å². The molecule has 0 radical (unpaired) electrons. The summed E-state index contributed by atoms with van der Waals surface area (Å²) in [5.41, 5.74) is 1.09. The first-order valence-electron chi connectivity index (χ1n) is 6.38. The zero-order valence-corrected chi connectivity index (χ0v) is 13.9. The summed E-state index contributed by atoms with van der Waals surface area (Å²) in [6.07, 6.45) is 2.38. The van der Waals surface area contributed by atoms with E-state index in [1.807, 2.05) is 26.8 Å². The summed E-state index contributed by atoms with van der Waals surface area (Å²) in [7, 11) is 1.78. The fraction of sp³-hybridized carbons (Fsp3) is 0.357. The van der Waals surface area contributed by atoms with Crippen LogP contribution in [0.1, 0.15) is 20.8 Å². The normalized spacial score (nSPS) is 11.5. The van der Waals surface area contributed by atoms with Gasteiger partial charge in [0, 0.05) is 41.1 Å². The molecule has 0 saturated heterocycles. The molecule has 0 aliphatic rings. The minimum Gasteiger partial charge on any atom is -0.465 e. The second-order valence-electron chi connectivity index (χ2n) is 5.69. The van der Waals surface area contributed by atoms with Gasteiger partial charge in [-0.15, -0.1) is 0 Å². The number of nitrogens with zero attached hydrogens (tertiary/aromatic N) is 4. The van der Waals surface area contributed by atoms with Gasteiger partial charge in [-0.2, -0.15) is 5.10 Å². The Morgan fingerprint density at radius 2 is 2.00 bits per heavy atom. The lowest BCUT2D eigenvalue weighted by atomic mass is 10.1. The molecule has 0 aliphatic heterocycles. The van der Waals surface area contributed by atoms with Crippen LogP contribution in [0.5, 0.6) is 0 Å². The van der Waals surface area contributed by atoms with Crippen molar-refractivity contribution in [2.75, 3.05) is 4.90 Å². The summed E-state index contributed by atoms with van der Waals surface area (Å²) in [6.45, 7) is 5.49. The van der Waals surface area contributed by atoms with Crippen molar-refractivity contribution in [3.8, 4) is 11.3 Å². The Morgan fingerprint density at radius 3 is 2.52 bits per heavy atom. The van der Waals surface area contributed by atoms with E-state index in [0.717, 1.165) is 15.7 Å². The Balaban J connectivity index is 2.50. The van der Waals surface area contributed by atoms with Crippen LogP contribution in [0.2, 0.25) is 0 Å². The van der Waals surface area contributed by atoms with Crippen molar-refractivity contribution >= 4 is 27.8 Å². The van der Waals surface area contributed by atoms with E-state index in [2.05, 4.69) is 26.0 Å². The van der Waals surface area contributed by atoms with Crippen molar-refractivity contribution < 1.29 is 9.90 Å². The lowest BCUT2D eigenvalue weighted by molar-refractivity contribution is 0.195. The molecule has 7 heteroatoms. The number of halogens is 1. The number of pyridine rings is 1. The SMILES string of the molecule is Cn1nc(N(C(=O)O)C(C)(C)C)cc1-c1cncc(Br)c1. The molecule has 2 aromatic heterocycles. The van der Waals surface area contributed by atoms with E-state index >= 15 is 0 Å². The molecule has 21 heavy (non-hydrogen) atoms.